The van der Waals surface area contributed by atoms with Crippen molar-refractivity contribution in [3.63, 3.8) is 0 Å². The molecule has 0 aromatic heterocycles. The van der Waals surface area contributed by atoms with Crippen LogP contribution in [-0.2, 0) is 0 Å². The quantitative estimate of drug-likeness (QED) is 0.517. The molecule has 1 aliphatic rings. The van der Waals surface area contributed by atoms with E-state index in [2.05, 4.69) is 39.5 Å². The monoisotopic (exact) mass is 224 g/mol. The van der Waals surface area contributed by atoms with E-state index >= 15 is 0 Å². The van der Waals surface area contributed by atoms with Gasteiger partial charge in [0.05, 0.1) is 0 Å². The van der Waals surface area contributed by atoms with Gasteiger partial charge < -0.3 is 0 Å². The largest absolute Gasteiger partial charge is 0.175 e. The fourth-order valence-corrected chi connectivity index (χ4v) is 2.48. The van der Waals surface area contributed by atoms with Gasteiger partial charge in [-0.3, -0.25) is 0 Å². The van der Waals surface area contributed by atoms with Crippen LogP contribution in [0.3, 0.4) is 0 Å². The van der Waals surface area contributed by atoms with Crippen LogP contribution in [0.1, 0.15) is 52.9 Å². The van der Waals surface area contributed by atoms with Crippen LogP contribution in [0, 0.1) is 5.92 Å². The molecule has 1 heteroatoms. The van der Waals surface area contributed by atoms with E-state index < -0.39 is 0 Å². The molecule has 0 N–H and O–H groups in total. The van der Waals surface area contributed by atoms with E-state index in [1.165, 1.54) is 37.7 Å². The molecule has 0 saturated heterocycles. The third kappa shape index (κ3) is 3.71. The second kappa shape index (κ2) is 6.42. The summed E-state index contributed by atoms with van der Waals surface area (Å²) in [6.45, 7) is 6.77. The van der Waals surface area contributed by atoms with Crippen LogP contribution in [0.2, 0.25) is 0 Å². The molecular formula is C14H24S. The first-order valence-corrected chi connectivity index (χ1v) is 6.79. The first-order chi connectivity index (χ1) is 7.19. The summed E-state index contributed by atoms with van der Waals surface area (Å²) in [6.07, 6.45) is 9.09. The topological polar surface area (TPSA) is 0 Å². The Balaban J connectivity index is 2.84. The summed E-state index contributed by atoms with van der Waals surface area (Å²) in [7, 11) is 0. The number of hydrogen-bond acceptors (Lipinski definition) is 1. The van der Waals surface area contributed by atoms with E-state index in [1.54, 1.807) is 11.1 Å². The fraction of sp³-hybridized carbons (Fsp3) is 0.714. The highest BCUT2D eigenvalue weighted by Crippen LogP contribution is 2.34. The SMILES string of the molecule is CC/C(C)=C1\CCCC[C@H]1/C=C(\C)CS. The van der Waals surface area contributed by atoms with Crippen molar-refractivity contribution in [3.05, 3.63) is 22.8 Å². The molecule has 0 aliphatic heterocycles. The zero-order valence-electron chi connectivity index (χ0n) is 10.3. The summed E-state index contributed by atoms with van der Waals surface area (Å²) in [5.74, 6) is 1.61. The zero-order valence-corrected chi connectivity index (χ0v) is 11.2. The zero-order chi connectivity index (χ0) is 11.3. The number of rotatable bonds is 3. The first kappa shape index (κ1) is 12.9. The lowest BCUT2D eigenvalue weighted by atomic mass is 9.80. The molecule has 1 rings (SSSR count). The standard InChI is InChI=1S/C14H24S/c1-4-12(3)14-8-6-5-7-13(14)9-11(2)10-15/h9,13,15H,4-8,10H2,1-3H3/b11-9+,14-12+/t13-/m0/s1. The summed E-state index contributed by atoms with van der Waals surface area (Å²) in [5.41, 5.74) is 4.75. The lowest BCUT2D eigenvalue weighted by Gasteiger charge is -2.25. The molecule has 86 valence electrons. The maximum Gasteiger partial charge on any atom is 0.0110 e. The van der Waals surface area contributed by atoms with Crippen LogP contribution in [0.25, 0.3) is 0 Å². The van der Waals surface area contributed by atoms with Crippen LogP contribution in [0.4, 0.5) is 0 Å². The second-order valence-electron chi connectivity index (χ2n) is 4.68. The van der Waals surface area contributed by atoms with Crippen molar-refractivity contribution >= 4 is 12.6 Å². The highest BCUT2D eigenvalue weighted by Gasteiger charge is 2.18. The Bertz CT molecular complexity index is 261. The Labute approximate surface area is 100 Å². The maximum atomic E-state index is 4.34. The average Bonchev–Trinajstić information content (AvgIpc) is 2.28. The van der Waals surface area contributed by atoms with Crippen molar-refractivity contribution < 1.29 is 0 Å². The molecule has 0 spiro atoms. The van der Waals surface area contributed by atoms with Crippen molar-refractivity contribution in [2.75, 3.05) is 5.75 Å². The van der Waals surface area contributed by atoms with Gasteiger partial charge >= 0.3 is 0 Å². The van der Waals surface area contributed by atoms with E-state index in [0.29, 0.717) is 5.92 Å². The minimum atomic E-state index is 0.714. The van der Waals surface area contributed by atoms with E-state index in [0.717, 1.165) is 5.75 Å². The number of hydrogen-bond donors (Lipinski definition) is 1. The Morgan fingerprint density at radius 2 is 2.13 bits per heavy atom. The summed E-state index contributed by atoms with van der Waals surface area (Å²) in [6, 6.07) is 0. The van der Waals surface area contributed by atoms with Gasteiger partial charge in [-0.25, -0.2) is 0 Å². The van der Waals surface area contributed by atoms with Crippen LogP contribution < -0.4 is 0 Å². The fourth-order valence-electron chi connectivity index (χ4n) is 2.38. The smallest absolute Gasteiger partial charge is 0.0110 e. The summed E-state index contributed by atoms with van der Waals surface area (Å²) in [4.78, 5) is 0. The summed E-state index contributed by atoms with van der Waals surface area (Å²) < 4.78 is 0. The number of allylic oxidation sites excluding steroid dienone is 3. The molecule has 1 saturated carbocycles. The van der Waals surface area contributed by atoms with E-state index in [1.807, 2.05) is 0 Å². The predicted octanol–water partition coefficient (Wildman–Crippen LogP) is 4.78. The molecule has 1 atom stereocenters. The lowest BCUT2D eigenvalue weighted by molar-refractivity contribution is 0.510. The highest BCUT2D eigenvalue weighted by atomic mass is 32.1. The molecule has 15 heavy (non-hydrogen) atoms. The van der Waals surface area contributed by atoms with Crippen LogP contribution >= 0.6 is 12.6 Å². The average molecular weight is 224 g/mol. The van der Waals surface area contributed by atoms with Crippen molar-refractivity contribution in [2.45, 2.75) is 52.9 Å². The molecule has 1 aliphatic carbocycles. The van der Waals surface area contributed by atoms with Crippen LogP contribution in [0.5, 0.6) is 0 Å². The van der Waals surface area contributed by atoms with Gasteiger partial charge in [0.1, 0.15) is 0 Å². The molecule has 0 unspecified atom stereocenters. The Kier molecular flexibility index (Phi) is 5.52. The van der Waals surface area contributed by atoms with Gasteiger partial charge in [0, 0.05) is 5.75 Å². The van der Waals surface area contributed by atoms with Crippen LogP contribution in [-0.4, -0.2) is 5.75 Å². The lowest BCUT2D eigenvalue weighted by Crippen LogP contribution is -2.10. The van der Waals surface area contributed by atoms with Crippen molar-refractivity contribution in [1.82, 2.24) is 0 Å². The van der Waals surface area contributed by atoms with Crippen molar-refractivity contribution in [2.24, 2.45) is 5.92 Å². The third-order valence-electron chi connectivity index (χ3n) is 3.47. The maximum absolute atomic E-state index is 4.34. The molecule has 0 aromatic carbocycles. The Morgan fingerprint density at radius 1 is 1.40 bits per heavy atom. The van der Waals surface area contributed by atoms with E-state index in [-0.39, 0.29) is 0 Å². The van der Waals surface area contributed by atoms with E-state index in [9.17, 15) is 0 Å². The second-order valence-corrected chi connectivity index (χ2v) is 5.00. The molecule has 0 radical (unpaired) electrons. The van der Waals surface area contributed by atoms with Crippen molar-refractivity contribution in [3.8, 4) is 0 Å². The highest BCUT2D eigenvalue weighted by molar-refractivity contribution is 7.80. The van der Waals surface area contributed by atoms with Gasteiger partial charge in [-0.05, 0) is 45.4 Å². The van der Waals surface area contributed by atoms with Gasteiger partial charge in [0.2, 0.25) is 0 Å². The molecule has 0 nitrogen and oxygen atoms in total. The minimum absolute atomic E-state index is 0.714. The molecule has 1 fully saturated rings. The molecule has 0 aromatic rings. The molecule has 0 bridgehead atoms. The normalized spacial score (nSPS) is 26.7. The van der Waals surface area contributed by atoms with Gasteiger partial charge in [0.15, 0.2) is 0 Å². The van der Waals surface area contributed by atoms with Gasteiger partial charge in [-0.15, -0.1) is 0 Å². The van der Waals surface area contributed by atoms with Crippen molar-refractivity contribution in [1.29, 1.82) is 0 Å². The van der Waals surface area contributed by atoms with Gasteiger partial charge in [0.25, 0.3) is 0 Å². The Morgan fingerprint density at radius 3 is 2.73 bits per heavy atom. The van der Waals surface area contributed by atoms with E-state index in [4.69, 9.17) is 0 Å². The van der Waals surface area contributed by atoms with Gasteiger partial charge in [-0.1, -0.05) is 36.1 Å². The molecule has 0 heterocycles. The van der Waals surface area contributed by atoms with Crippen LogP contribution in [0.15, 0.2) is 22.8 Å². The molecule has 0 amide bonds. The third-order valence-corrected chi connectivity index (χ3v) is 3.97. The predicted molar refractivity (Wildman–Crippen MR) is 72.6 cm³/mol. The van der Waals surface area contributed by atoms with Gasteiger partial charge in [-0.2, -0.15) is 12.6 Å². The minimum Gasteiger partial charge on any atom is -0.175 e. The summed E-state index contributed by atoms with van der Waals surface area (Å²) >= 11 is 4.34. The first-order valence-electron chi connectivity index (χ1n) is 6.15. The number of thiol groups is 1. The Hall–Kier alpha value is -0.170. The summed E-state index contributed by atoms with van der Waals surface area (Å²) in [5, 5.41) is 0. The molecular weight excluding hydrogens is 200 g/mol.